The van der Waals surface area contributed by atoms with Crippen molar-refractivity contribution < 1.29 is 9.53 Å². The summed E-state index contributed by atoms with van der Waals surface area (Å²) in [5.41, 5.74) is 0.987. The summed E-state index contributed by atoms with van der Waals surface area (Å²) in [6.45, 7) is 5.05. The van der Waals surface area contributed by atoms with Gasteiger partial charge in [-0.2, -0.15) is 0 Å². The van der Waals surface area contributed by atoms with E-state index in [0.717, 1.165) is 24.9 Å². The van der Waals surface area contributed by atoms with E-state index in [4.69, 9.17) is 16.3 Å². The molecule has 0 radical (unpaired) electrons. The van der Waals surface area contributed by atoms with Gasteiger partial charge >= 0.3 is 0 Å². The topological polar surface area (TPSA) is 41.6 Å². The number of halogens is 1. The van der Waals surface area contributed by atoms with Crippen LogP contribution in [0.25, 0.3) is 0 Å². The van der Waals surface area contributed by atoms with E-state index in [1.165, 1.54) is 0 Å². The van der Waals surface area contributed by atoms with Crippen molar-refractivity contribution in [3.63, 3.8) is 0 Å². The number of carbonyl (C=O) groups is 1. The van der Waals surface area contributed by atoms with Crippen LogP contribution in [-0.4, -0.2) is 44.2 Å². The number of methoxy groups -OCH3 is 1. The van der Waals surface area contributed by atoms with E-state index in [1.807, 2.05) is 29.2 Å². The van der Waals surface area contributed by atoms with E-state index in [9.17, 15) is 4.79 Å². The number of benzene rings is 1. The number of amides is 1. The zero-order valence-electron chi connectivity index (χ0n) is 12.9. The van der Waals surface area contributed by atoms with E-state index in [2.05, 4.69) is 12.2 Å². The molecule has 1 N–H and O–H groups in total. The lowest BCUT2D eigenvalue weighted by Gasteiger charge is -2.23. The number of unbranched alkanes of at least 4 members (excludes halogenated alkanes) is 1. The largest absolute Gasteiger partial charge is 0.383 e. The molecule has 4 nitrogen and oxygen atoms in total. The lowest BCUT2D eigenvalue weighted by molar-refractivity contribution is -0.131. The summed E-state index contributed by atoms with van der Waals surface area (Å²) in [6.07, 6.45) is 2.05. The molecule has 0 saturated heterocycles. The first kappa shape index (κ1) is 18.0. The maximum atomic E-state index is 12.3. The minimum absolute atomic E-state index is 0.0967. The van der Waals surface area contributed by atoms with E-state index in [-0.39, 0.29) is 5.91 Å². The Kier molecular flexibility index (Phi) is 9.06. The first-order chi connectivity index (χ1) is 10.2. The Morgan fingerprint density at radius 3 is 2.81 bits per heavy atom. The lowest BCUT2D eigenvalue weighted by Crippen LogP contribution is -2.39. The van der Waals surface area contributed by atoms with Crippen molar-refractivity contribution in [2.45, 2.75) is 26.3 Å². The molecule has 1 aromatic rings. The highest BCUT2D eigenvalue weighted by molar-refractivity contribution is 6.31. The van der Waals surface area contributed by atoms with E-state index in [0.29, 0.717) is 31.3 Å². The molecule has 0 spiro atoms. The van der Waals surface area contributed by atoms with Crippen molar-refractivity contribution in [2.24, 2.45) is 0 Å². The molecule has 1 rings (SSSR count). The zero-order chi connectivity index (χ0) is 15.5. The predicted octanol–water partition coefficient (Wildman–Crippen LogP) is 2.70. The maximum absolute atomic E-state index is 12.3. The Labute approximate surface area is 132 Å². The van der Waals surface area contributed by atoms with Crippen molar-refractivity contribution in [1.82, 2.24) is 10.2 Å². The molecule has 0 aromatic heterocycles. The maximum Gasteiger partial charge on any atom is 0.236 e. The fourth-order valence-corrected chi connectivity index (χ4v) is 2.15. The molecule has 0 fully saturated rings. The summed E-state index contributed by atoms with van der Waals surface area (Å²) < 4.78 is 4.96. The van der Waals surface area contributed by atoms with Gasteiger partial charge < -0.3 is 15.0 Å². The van der Waals surface area contributed by atoms with Crippen LogP contribution in [0.2, 0.25) is 5.02 Å². The third-order valence-electron chi connectivity index (χ3n) is 3.21. The second kappa shape index (κ2) is 10.6. The molecule has 0 saturated carbocycles. The summed E-state index contributed by atoms with van der Waals surface area (Å²) in [5, 5.41) is 3.80. The third-order valence-corrected chi connectivity index (χ3v) is 3.58. The fraction of sp³-hybridized carbons (Fsp3) is 0.562. The first-order valence-electron chi connectivity index (χ1n) is 7.39. The Morgan fingerprint density at radius 1 is 1.38 bits per heavy atom. The highest BCUT2D eigenvalue weighted by atomic mass is 35.5. The molecule has 0 heterocycles. The number of ether oxygens (including phenoxy) is 1. The Morgan fingerprint density at radius 2 is 2.14 bits per heavy atom. The molecule has 0 bridgehead atoms. The Hall–Kier alpha value is -1.10. The summed E-state index contributed by atoms with van der Waals surface area (Å²) in [7, 11) is 1.65. The molecule has 0 aliphatic carbocycles. The fourth-order valence-electron chi connectivity index (χ4n) is 1.95. The summed E-state index contributed by atoms with van der Waals surface area (Å²) in [6, 6.07) is 7.67. The average Bonchev–Trinajstić information content (AvgIpc) is 2.49. The molecule has 0 unspecified atom stereocenters. The molecule has 0 atom stereocenters. The van der Waals surface area contributed by atoms with Gasteiger partial charge in [0.2, 0.25) is 5.91 Å². The number of hydrogen-bond acceptors (Lipinski definition) is 3. The third kappa shape index (κ3) is 6.93. The van der Waals surface area contributed by atoms with Crippen LogP contribution in [-0.2, 0) is 16.1 Å². The van der Waals surface area contributed by atoms with Crippen molar-refractivity contribution in [3.05, 3.63) is 34.9 Å². The highest BCUT2D eigenvalue weighted by Gasteiger charge is 2.14. The molecule has 1 aromatic carbocycles. The molecular formula is C16H25ClN2O2. The molecule has 5 heteroatoms. The van der Waals surface area contributed by atoms with Gasteiger partial charge in [-0.3, -0.25) is 4.79 Å². The Bertz CT molecular complexity index is 426. The lowest BCUT2D eigenvalue weighted by atomic mass is 10.2. The van der Waals surface area contributed by atoms with Gasteiger partial charge in [0.05, 0.1) is 13.2 Å². The highest BCUT2D eigenvalue weighted by Crippen LogP contribution is 2.17. The summed E-state index contributed by atoms with van der Waals surface area (Å²) in [5.74, 6) is 0.0967. The number of nitrogens with zero attached hydrogens (tertiary/aromatic N) is 1. The van der Waals surface area contributed by atoms with Gasteiger partial charge in [0.25, 0.3) is 0 Å². The smallest absolute Gasteiger partial charge is 0.236 e. The zero-order valence-corrected chi connectivity index (χ0v) is 13.7. The minimum atomic E-state index is 0.0967. The van der Waals surface area contributed by atoms with Crippen LogP contribution in [0.1, 0.15) is 25.3 Å². The van der Waals surface area contributed by atoms with Gasteiger partial charge in [0.15, 0.2) is 0 Å². The van der Waals surface area contributed by atoms with E-state index in [1.54, 1.807) is 7.11 Å². The van der Waals surface area contributed by atoms with Gasteiger partial charge in [-0.05, 0) is 18.1 Å². The molecule has 0 aliphatic heterocycles. The predicted molar refractivity (Wildman–Crippen MR) is 86.5 cm³/mol. The number of hydrogen-bond donors (Lipinski definition) is 1. The standard InChI is InChI=1S/C16H25ClN2O2/c1-3-4-10-19(16(20)12-18-9-11-21-2)13-14-7-5-6-8-15(14)17/h5-8,18H,3-4,9-13H2,1-2H3. The number of nitrogens with one attached hydrogen (secondary N) is 1. The summed E-state index contributed by atoms with van der Waals surface area (Å²) in [4.78, 5) is 14.2. The van der Waals surface area contributed by atoms with Crippen LogP contribution in [0.3, 0.4) is 0 Å². The van der Waals surface area contributed by atoms with Gasteiger partial charge in [-0.15, -0.1) is 0 Å². The molecule has 118 valence electrons. The van der Waals surface area contributed by atoms with E-state index < -0.39 is 0 Å². The molecular weight excluding hydrogens is 288 g/mol. The average molecular weight is 313 g/mol. The van der Waals surface area contributed by atoms with Gasteiger partial charge in [-0.1, -0.05) is 43.1 Å². The van der Waals surface area contributed by atoms with Crippen LogP contribution < -0.4 is 5.32 Å². The van der Waals surface area contributed by atoms with Crippen molar-refractivity contribution in [3.8, 4) is 0 Å². The summed E-state index contributed by atoms with van der Waals surface area (Å²) >= 11 is 6.18. The SMILES string of the molecule is CCCCN(Cc1ccccc1Cl)C(=O)CNCCOC. The number of carbonyl (C=O) groups excluding carboxylic acids is 1. The van der Waals surface area contributed by atoms with Crippen LogP contribution in [0, 0.1) is 0 Å². The second-order valence-electron chi connectivity index (χ2n) is 4.93. The van der Waals surface area contributed by atoms with Gasteiger partial charge in [0.1, 0.15) is 0 Å². The van der Waals surface area contributed by atoms with Crippen molar-refractivity contribution in [1.29, 1.82) is 0 Å². The quantitative estimate of drug-likeness (QED) is 0.675. The van der Waals surface area contributed by atoms with Crippen LogP contribution >= 0.6 is 11.6 Å². The molecule has 21 heavy (non-hydrogen) atoms. The first-order valence-corrected chi connectivity index (χ1v) is 7.77. The number of rotatable bonds is 10. The van der Waals surface area contributed by atoms with Gasteiger partial charge in [0, 0.05) is 31.8 Å². The van der Waals surface area contributed by atoms with E-state index >= 15 is 0 Å². The van der Waals surface area contributed by atoms with Gasteiger partial charge in [-0.25, -0.2) is 0 Å². The molecule has 0 aliphatic rings. The normalized spacial score (nSPS) is 10.6. The second-order valence-corrected chi connectivity index (χ2v) is 5.34. The molecule has 1 amide bonds. The Balaban J connectivity index is 2.58. The van der Waals surface area contributed by atoms with Crippen LogP contribution in [0.5, 0.6) is 0 Å². The van der Waals surface area contributed by atoms with Crippen molar-refractivity contribution in [2.75, 3.05) is 33.4 Å². The van der Waals surface area contributed by atoms with Crippen molar-refractivity contribution >= 4 is 17.5 Å². The van der Waals surface area contributed by atoms with Crippen LogP contribution in [0.15, 0.2) is 24.3 Å². The minimum Gasteiger partial charge on any atom is -0.383 e. The monoisotopic (exact) mass is 312 g/mol. The van der Waals surface area contributed by atoms with Crippen LogP contribution in [0.4, 0.5) is 0 Å².